The fraction of sp³-hybridized carbons (Fsp3) is 0.667. The minimum Gasteiger partial charge on any atom is -0.444 e. The van der Waals surface area contributed by atoms with Crippen LogP contribution < -0.4 is 15.4 Å². The molecule has 1 spiro atoms. The largest absolute Gasteiger partial charge is 0.444 e. The molecule has 3 amide bonds. The molecule has 1 saturated heterocycles. The summed E-state index contributed by atoms with van der Waals surface area (Å²) in [5.41, 5.74) is 0.565. The molecule has 2 saturated carbocycles. The molecule has 3 atom stereocenters. The molecular weight excluding hydrogens is 585 g/mol. The Bertz CT molecular complexity index is 1080. The highest BCUT2D eigenvalue weighted by atomic mass is 35.5. The average Bonchev–Trinajstić information content (AvgIpc) is 3.27. The van der Waals surface area contributed by atoms with Gasteiger partial charge >= 0.3 is 6.09 Å². The normalized spacial score (nSPS) is 22.0. The zero-order chi connectivity index (χ0) is 29.2. The number of alkyl halides is 1. The van der Waals surface area contributed by atoms with Crippen molar-refractivity contribution in [2.75, 3.05) is 5.88 Å². The number of amides is 3. The van der Waals surface area contributed by atoms with Gasteiger partial charge in [0.05, 0.1) is 11.9 Å². The molecule has 2 unspecified atom stereocenters. The van der Waals surface area contributed by atoms with Crippen molar-refractivity contribution in [3.63, 3.8) is 0 Å². The van der Waals surface area contributed by atoms with E-state index in [0.717, 1.165) is 68.9 Å². The highest BCUT2D eigenvalue weighted by molar-refractivity contribution is 7.99. The molecule has 8 nitrogen and oxygen atoms in total. The van der Waals surface area contributed by atoms with Gasteiger partial charge in [-0.1, -0.05) is 75.1 Å². The van der Waals surface area contributed by atoms with Gasteiger partial charge in [0.15, 0.2) is 5.78 Å². The zero-order valence-corrected chi connectivity index (χ0v) is 25.8. The van der Waals surface area contributed by atoms with Crippen molar-refractivity contribution >= 4 is 58.8 Å². The highest BCUT2D eigenvalue weighted by Crippen LogP contribution is 2.39. The van der Waals surface area contributed by atoms with E-state index in [9.17, 15) is 19.2 Å². The third-order valence-electron chi connectivity index (χ3n) is 8.67. The Labute approximate surface area is 256 Å². The number of Topliss-reactive ketones (excluding diaryl/α,β-unsaturated/α-hetero) is 1. The Kier molecular flexibility index (Phi) is 12.1. The second-order valence-electron chi connectivity index (χ2n) is 11.8. The molecule has 1 aromatic rings. The molecule has 1 heterocycles. The van der Waals surface area contributed by atoms with Crippen LogP contribution in [0, 0.1) is 11.8 Å². The molecule has 226 valence electrons. The molecule has 3 N–H and O–H groups in total. The van der Waals surface area contributed by atoms with E-state index in [4.69, 9.17) is 27.9 Å². The summed E-state index contributed by atoms with van der Waals surface area (Å²) in [6.45, 7) is 0.0453. The molecule has 0 aromatic heterocycles. The number of benzene rings is 1. The lowest BCUT2D eigenvalue weighted by atomic mass is 9.78. The van der Waals surface area contributed by atoms with Gasteiger partial charge in [-0.2, -0.15) is 0 Å². The van der Waals surface area contributed by atoms with Gasteiger partial charge in [0.1, 0.15) is 11.9 Å². The van der Waals surface area contributed by atoms with Gasteiger partial charge in [0, 0.05) is 16.5 Å². The van der Waals surface area contributed by atoms with Gasteiger partial charge in [0.2, 0.25) is 11.8 Å². The average molecular weight is 627 g/mol. The first-order valence-electron chi connectivity index (χ1n) is 14.8. The van der Waals surface area contributed by atoms with E-state index in [1.807, 2.05) is 0 Å². The van der Waals surface area contributed by atoms with Gasteiger partial charge in [-0.15, -0.1) is 11.6 Å². The van der Waals surface area contributed by atoms with Crippen molar-refractivity contribution in [1.82, 2.24) is 15.4 Å². The Morgan fingerprint density at radius 1 is 1.07 bits per heavy atom. The van der Waals surface area contributed by atoms with Crippen molar-refractivity contribution in [2.45, 2.75) is 107 Å². The maximum Gasteiger partial charge on any atom is 0.417 e. The number of nitrogens with one attached hydrogen (secondary N) is 3. The minimum atomic E-state index is -0.862. The number of hydrogen-bond donors (Lipinski definition) is 3. The van der Waals surface area contributed by atoms with E-state index in [1.54, 1.807) is 24.3 Å². The maximum atomic E-state index is 13.6. The minimum absolute atomic E-state index is 0.0453. The molecule has 3 fully saturated rings. The number of ether oxygens (including phenoxy) is 1. The van der Waals surface area contributed by atoms with E-state index in [0.29, 0.717) is 23.8 Å². The number of ketones is 1. The standard InChI is InChI=1S/C30H41Cl2N3O5S/c31-18-25(36)24(16-22-17-30(34-27(22)37)12-5-2-6-13-30)33-28(38)26(15-20-8-3-1-4-9-20)41-35-29(39)40-19-21-10-7-11-23(32)14-21/h7,10-11,14,20,22,24,26H,1-6,8-9,12-13,15-19H2,(H,33,38)(H,34,37)(H,35,39)/t22?,24?,26-/m0/s1. The molecular formula is C30H41Cl2N3O5S. The number of carbonyl (C=O) groups excluding carboxylic acids is 4. The molecule has 1 aromatic carbocycles. The lowest BCUT2D eigenvalue weighted by Gasteiger charge is -2.33. The van der Waals surface area contributed by atoms with Crippen LogP contribution in [0.5, 0.6) is 0 Å². The molecule has 1 aliphatic heterocycles. The van der Waals surface area contributed by atoms with Crippen LogP contribution in [0.1, 0.15) is 89.0 Å². The highest BCUT2D eigenvalue weighted by Gasteiger charge is 2.45. The Morgan fingerprint density at radius 3 is 2.51 bits per heavy atom. The summed E-state index contributed by atoms with van der Waals surface area (Å²) in [6.07, 6.45) is 11.5. The van der Waals surface area contributed by atoms with Crippen LogP contribution in [-0.2, 0) is 25.7 Å². The van der Waals surface area contributed by atoms with Crippen molar-refractivity contribution < 1.29 is 23.9 Å². The Balaban J connectivity index is 1.37. The summed E-state index contributed by atoms with van der Waals surface area (Å²) < 4.78 is 7.98. The van der Waals surface area contributed by atoms with Crippen molar-refractivity contribution in [3.8, 4) is 0 Å². The zero-order valence-electron chi connectivity index (χ0n) is 23.4. The summed E-state index contributed by atoms with van der Waals surface area (Å²) in [7, 11) is 0. The Morgan fingerprint density at radius 2 is 1.80 bits per heavy atom. The maximum absolute atomic E-state index is 13.6. The van der Waals surface area contributed by atoms with Crippen LogP contribution in [0.15, 0.2) is 24.3 Å². The van der Waals surface area contributed by atoms with E-state index in [2.05, 4.69) is 15.4 Å². The molecule has 0 bridgehead atoms. The summed E-state index contributed by atoms with van der Waals surface area (Å²) in [4.78, 5) is 51.8. The van der Waals surface area contributed by atoms with Crippen molar-refractivity contribution in [3.05, 3.63) is 34.9 Å². The van der Waals surface area contributed by atoms with Crippen LogP contribution in [-0.4, -0.2) is 46.4 Å². The van der Waals surface area contributed by atoms with Crippen LogP contribution >= 0.6 is 35.1 Å². The lowest BCUT2D eigenvalue weighted by Crippen LogP contribution is -2.47. The third-order valence-corrected chi connectivity index (χ3v) is 10.1. The summed E-state index contributed by atoms with van der Waals surface area (Å²) in [5.74, 6) is -0.956. The molecule has 2 aliphatic carbocycles. The van der Waals surface area contributed by atoms with Gasteiger partial charge in [-0.25, -0.2) is 4.79 Å². The van der Waals surface area contributed by atoms with Crippen LogP contribution in [0.2, 0.25) is 5.02 Å². The second kappa shape index (κ2) is 15.5. The van der Waals surface area contributed by atoms with Gasteiger partial charge < -0.3 is 15.4 Å². The van der Waals surface area contributed by atoms with Gasteiger partial charge in [-0.05, 0) is 67.7 Å². The van der Waals surface area contributed by atoms with Crippen LogP contribution in [0.4, 0.5) is 4.79 Å². The van der Waals surface area contributed by atoms with E-state index in [-0.39, 0.29) is 48.0 Å². The third kappa shape index (κ3) is 9.52. The van der Waals surface area contributed by atoms with E-state index < -0.39 is 17.4 Å². The first kappa shape index (κ1) is 32.0. The number of carbonyl (C=O) groups is 4. The number of rotatable bonds is 12. The smallest absolute Gasteiger partial charge is 0.417 e. The fourth-order valence-corrected chi connectivity index (χ4v) is 7.74. The molecule has 3 aliphatic rings. The molecule has 4 rings (SSSR count). The van der Waals surface area contributed by atoms with E-state index >= 15 is 0 Å². The predicted molar refractivity (Wildman–Crippen MR) is 162 cm³/mol. The molecule has 0 radical (unpaired) electrons. The van der Waals surface area contributed by atoms with Crippen LogP contribution in [0.25, 0.3) is 0 Å². The summed E-state index contributed by atoms with van der Waals surface area (Å²) in [5, 5.41) is 6.04. The van der Waals surface area contributed by atoms with E-state index in [1.165, 1.54) is 12.8 Å². The first-order chi connectivity index (χ1) is 19.8. The summed E-state index contributed by atoms with van der Waals surface area (Å²) in [6, 6.07) is 6.18. The van der Waals surface area contributed by atoms with Crippen molar-refractivity contribution in [1.29, 1.82) is 0 Å². The molecule has 41 heavy (non-hydrogen) atoms. The lowest BCUT2D eigenvalue weighted by molar-refractivity contribution is -0.128. The van der Waals surface area contributed by atoms with Gasteiger partial charge in [-0.3, -0.25) is 19.1 Å². The first-order valence-corrected chi connectivity index (χ1v) is 16.6. The predicted octanol–water partition coefficient (Wildman–Crippen LogP) is 6.08. The topological polar surface area (TPSA) is 114 Å². The quantitative estimate of drug-likeness (QED) is 0.192. The Hall–Kier alpha value is -1.97. The number of halogens is 2. The summed E-state index contributed by atoms with van der Waals surface area (Å²) >= 11 is 12.9. The van der Waals surface area contributed by atoms with Crippen molar-refractivity contribution in [2.24, 2.45) is 11.8 Å². The number of hydrogen-bond acceptors (Lipinski definition) is 6. The van der Waals surface area contributed by atoms with Crippen LogP contribution in [0.3, 0.4) is 0 Å². The molecule has 11 heteroatoms. The van der Waals surface area contributed by atoms with Gasteiger partial charge in [0.25, 0.3) is 0 Å². The SMILES string of the molecule is O=C(NS[C@@H](CC1CCCCC1)C(=O)NC(CC1CC2(CCCCC2)NC1=O)C(=O)CCl)OCc1cccc(Cl)c1. The fourth-order valence-electron chi connectivity index (χ4n) is 6.50. The second-order valence-corrected chi connectivity index (χ2v) is 13.5. The monoisotopic (exact) mass is 625 g/mol.